The SMILES string of the molecule is C=C(CCO)COS(=O)(=O)c1ccc(C)cc1. The van der Waals surface area contributed by atoms with Crippen molar-refractivity contribution in [3.05, 3.63) is 42.0 Å². The fourth-order valence-corrected chi connectivity index (χ4v) is 2.09. The zero-order chi connectivity index (χ0) is 12.9. The summed E-state index contributed by atoms with van der Waals surface area (Å²) in [5.41, 5.74) is 1.52. The Morgan fingerprint density at radius 1 is 1.35 bits per heavy atom. The first-order valence-electron chi connectivity index (χ1n) is 5.19. The molecule has 1 rings (SSSR count). The Balaban J connectivity index is 2.69. The molecule has 5 heteroatoms. The number of aryl methyl sites for hydroxylation is 1. The summed E-state index contributed by atoms with van der Waals surface area (Å²) in [6, 6.07) is 6.41. The Hall–Kier alpha value is -1.17. The maximum absolute atomic E-state index is 11.7. The molecule has 0 aromatic heterocycles. The maximum Gasteiger partial charge on any atom is 0.297 e. The predicted molar refractivity (Wildman–Crippen MR) is 65.2 cm³/mol. The van der Waals surface area contributed by atoms with Gasteiger partial charge in [0.05, 0.1) is 11.5 Å². The van der Waals surface area contributed by atoms with Crippen LogP contribution in [0.2, 0.25) is 0 Å². The molecule has 0 aliphatic carbocycles. The number of aliphatic hydroxyl groups excluding tert-OH is 1. The van der Waals surface area contributed by atoms with Gasteiger partial charge in [-0.25, -0.2) is 0 Å². The van der Waals surface area contributed by atoms with Gasteiger partial charge in [-0.05, 0) is 31.1 Å². The van der Waals surface area contributed by atoms with Gasteiger partial charge in [-0.3, -0.25) is 4.18 Å². The summed E-state index contributed by atoms with van der Waals surface area (Å²) in [6.07, 6.45) is 0.337. The molecule has 0 saturated carbocycles. The molecule has 17 heavy (non-hydrogen) atoms. The van der Waals surface area contributed by atoms with Gasteiger partial charge in [0.25, 0.3) is 10.1 Å². The molecule has 0 radical (unpaired) electrons. The summed E-state index contributed by atoms with van der Waals surface area (Å²) < 4.78 is 28.3. The van der Waals surface area contributed by atoms with Gasteiger partial charge in [0.15, 0.2) is 0 Å². The second-order valence-electron chi connectivity index (χ2n) is 3.75. The molecule has 1 aromatic carbocycles. The van der Waals surface area contributed by atoms with Crippen molar-refractivity contribution in [1.29, 1.82) is 0 Å². The lowest BCUT2D eigenvalue weighted by atomic mass is 10.2. The fraction of sp³-hybridized carbons (Fsp3) is 0.333. The highest BCUT2D eigenvalue weighted by molar-refractivity contribution is 7.86. The van der Waals surface area contributed by atoms with Gasteiger partial charge in [0.1, 0.15) is 0 Å². The van der Waals surface area contributed by atoms with E-state index in [9.17, 15) is 8.42 Å². The zero-order valence-electron chi connectivity index (χ0n) is 9.72. The number of hydrogen-bond donors (Lipinski definition) is 1. The third-order valence-electron chi connectivity index (χ3n) is 2.19. The molecule has 0 bridgehead atoms. The highest BCUT2D eigenvalue weighted by Crippen LogP contribution is 2.14. The molecule has 0 saturated heterocycles. The molecule has 0 spiro atoms. The number of rotatable bonds is 6. The van der Waals surface area contributed by atoms with Crippen LogP contribution < -0.4 is 0 Å². The summed E-state index contributed by atoms with van der Waals surface area (Å²) in [6.45, 7) is 5.32. The summed E-state index contributed by atoms with van der Waals surface area (Å²) >= 11 is 0. The summed E-state index contributed by atoms with van der Waals surface area (Å²) in [4.78, 5) is 0.125. The van der Waals surface area contributed by atoms with E-state index in [2.05, 4.69) is 6.58 Å². The Kier molecular flexibility index (Phi) is 4.86. The van der Waals surface area contributed by atoms with Crippen molar-refractivity contribution in [3.63, 3.8) is 0 Å². The second-order valence-corrected chi connectivity index (χ2v) is 5.37. The van der Waals surface area contributed by atoms with Crippen molar-refractivity contribution in [2.75, 3.05) is 13.2 Å². The molecule has 0 aliphatic rings. The first-order chi connectivity index (χ1) is 7.95. The summed E-state index contributed by atoms with van der Waals surface area (Å²) in [5.74, 6) is 0. The standard InChI is InChI=1S/C12H16O4S/c1-10-3-5-12(6-4-10)17(14,15)16-9-11(2)7-8-13/h3-6,13H,2,7-9H2,1H3. The van der Waals surface area contributed by atoms with Gasteiger partial charge in [0.2, 0.25) is 0 Å². The lowest BCUT2D eigenvalue weighted by Gasteiger charge is -2.07. The molecule has 94 valence electrons. The van der Waals surface area contributed by atoms with Crippen molar-refractivity contribution >= 4 is 10.1 Å². The van der Waals surface area contributed by atoms with Crippen LogP contribution >= 0.6 is 0 Å². The Bertz CT molecular complexity index is 474. The molecule has 1 aromatic rings. The highest BCUT2D eigenvalue weighted by Gasteiger charge is 2.14. The molecular formula is C12H16O4S. The van der Waals surface area contributed by atoms with Crippen LogP contribution in [0.1, 0.15) is 12.0 Å². The van der Waals surface area contributed by atoms with E-state index in [1.165, 1.54) is 12.1 Å². The summed E-state index contributed by atoms with van der Waals surface area (Å²) in [5, 5.41) is 8.65. The first-order valence-corrected chi connectivity index (χ1v) is 6.60. The monoisotopic (exact) mass is 256 g/mol. The molecule has 1 N–H and O–H groups in total. The van der Waals surface area contributed by atoms with Crippen LogP contribution in [0.25, 0.3) is 0 Å². The van der Waals surface area contributed by atoms with Crippen LogP contribution in [-0.4, -0.2) is 26.7 Å². The molecule has 0 atom stereocenters. The van der Waals surface area contributed by atoms with Crippen LogP contribution in [0.5, 0.6) is 0 Å². The largest absolute Gasteiger partial charge is 0.396 e. The lowest BCUT2D eigenvalue weighted by Crippen LogP contribution is -2.09. The quantitative estimate of drug-likeness (QED) is 0.621. The number of aliphatic hydroxyl groups is 1. The normalized spacial score (nSPS) is 11.4. The molecule has 0 aliphatic heterocycles. The third kappa shape index (κ3) is 4.30. The average Bonchev–Trinajstić information content (AvgIpc) is 2.28. The van der Waals surface area contributed by atoms with Crippen LogP contribution in [0.15, 0.2) is 41.3 Å². The minimum atomic E-state index is -3.73. The Morgan fingerprint density at radius 2 is 1.94 bits per heavy atom. The van der Waals surface area contributed by atoms with Gasteiger partial charge in [-0.2, -0.15) is 8.42 Å². The van der Waals surface area contributed by atoms with Gasteiger partial charge >= 0.3 is 0 Å². The summed E-state index contributed by atoms with van der Waals surface area (Å²) in [7, 11) is -3.73. The molecule has 4 nitrogen and oxygen atoms in total. The Labute approximate surface area is 102 Å². The topological polar surface area (TPSA) is 63.6 Å². The number of hydrogen-bond acceptors (Lipinski definition) is 4. The molecule has 0 amide bonds. The minimum Gasteiger partial charge on any atom is -0.396 e. The van der Waals surface area contributed by atoms with Crippen LogP contribution in [0.3, 0.4) is 0 Å². The van der Waals surface area contributed by atoms with Crippen molar-refractivity contribution in [2.24, 2.45) is 0 Å². The third-order valence-corrected chi connectivity index (χ3v) is 3.47. The molecule has 0 fully saturated rings. The van der Waals surface area contributed by atoms with Crippen LogP contribution in [0, 0.1) is 6.92 Å². The fourth-order valence-electron chi connectivity index (χ4n) is 1.16. The maximum atomic E-state index is 11.7. The smallest absolute Gasteiger partial charge is 0.297 e. The van der Waals surface area contributed by atoms with E-state index in [-0.39, 0.29) is 18.1 Å². The van der Waals surface area contributed by atoms with E-state index in [1.807, 2.05) is 6.92 Å². The highest BCUT2D eigenvalue weighted by atomic mass is 32.2. The second kappa shape index (κ2) is 5.95. The van der Waals surface area contributed by atoms with Crippen molar-refractivity contribution in [3.8, 4) is 0 Å². The predicted octanol–water partition coefficient (Wildman–Crippen LogP) is 1.64. The minimum absolute atomic E-state index is 0.0627. The van der Waals surface area contributed by atoms with Crippen LogP contribution in [0.4, 0.5) is 0 Å². The van der Waals surface area contributed by atoms with Gasteiger partial charge in [-0.15, -0.1) is 0 Å². The lowest BCUT2D eigenvalue weighted by molar-refractivity contribution is 0.285. The van der Waals surface area contributed by atoms with E-state index >= 15 is 0 Å². The van der Waals surface area contributed by atoms with Crippen molar-refractivity contribution in [1.82, 2.24) is 0 Å². The van der Waals surface area contributed by atoms with Crippen molar-refractivity contribution in [2.45, 2.75) is 18.2 Å². The first kappa shape index (κ1) is 13.9. The average molecular weight is 256 g/mol. The van der Waals surface area contributed by atoms with E-state index in [0.29, 0.717) is 12.0 Å². The van der Waals surface area contributed by atoms with E-state index < -0.39 is 10.1 Å². The van der Waals surface area contributed by atoms with Crippen LogP contribution in [-0.2, 0) is 14.3 Å². The van der Waals surface area contributed by atoms with E-state index in [0.717, 1.165) is 5.56 Å². The molecular weight excluding hydrogens is 240 g/mol. The van der Waals surface area contributed by atoms with E-state index in [4.69, 9.17) is 9.29 Å². The van der Waals surface area contributed by atoms with Gasteiger partial charge < -0.3 is 5.11 Å². The van der Waals surface area contributed by atoms with Gasteiger partial charge in [0, 0.05) is 6.61 Å². The Morgan fingerprint density at radius 3 is 2.47 bits per heavy atom. The van der Waals surface area contributed by atoms with E-state index in [1.54, 1.807) is 12.1 Å². The zero-order valence-corrected chi connectivity index (χ0v) is 10.5. The van der Waals surface area contributed by atoms with Gasteiger partial charge in [-0.1, -0.05) is 24.3 Å². The number of benzene rings is 1. The molecule has 0 heterocycles. The molecule has 0 unspecified atom stereocenters. The van der Waals surface area contributed by atoms with Crippen molar-refractivity contribution < 1.29 is 17.7 Å².